The molecule has 2 unspecified atom stereocenters. The number of hydrogen-bond acceptors (Lipinski definition) is 6. The Morgan fingerprint density at radius 3 is 2.28 bits per heavy atom. The Labute approximate surface area is 186 Å². The molecule has 7 nitrogen and oxygen atoms in total. The average Bonchev–Trinajstić information content (AvgIpc) is 3.15. The van der Waals surface area contributed by atoms with Crippen molar-refractivity contribution in [3.63, 3.8) is 0 Å². The van der Waals surface area contributed by atoms with Crippen molar-refractivity contribution < 1.29 is 24.5 Å². The van der Waals surface area contributed by atoms with Crippen molar-refractivity contribution in [2.24, 2.45) is 0 Å². The van der Waals surface area contributed by atoms with Gasteiger partial charge in [-0.2, -0.15) is 0 Å². The summed E-state index contributed by atoms with van der Waals surface area (Å²) in [6.07, 6.45) is -1.63. The lowest BCUT2D eigenvalue weighted by atomic mass is 9.98. The van der Waals surface area contributed by atoms with Crippen molar-refractivity contribution in [2.75, 3.05) is 19.8 Å². The van der Waals surface area contributed by atoms with Crippen molar-refractivity contribution in [3.05, 3.63) is 83.6 Å². The van der Waals surface area contributed by atoms with Gasteiger partial charge in [0.15, 0.2) is 0 Å². The Balaban J connectivity index is 1.31. The quantitative estimate of drug-likeness (QED) is 0.502. The zero-order valence-corrected chi connectivity index (χ0v) is 17.8. The molecule has 32 heavy (non-hydrogen) atoms. The number of ether oxygens (including phenoxy) is 2. The molecule has 4 rings (SSSR count). The third-order valence-corrected chi connectivity index (χ3v) is 5.56. The van der Waals surface area contributed by atoms with Crippen LogP contribution < -0.4 is 10.1 Å². The summed E-state index contributed by atoms with van der Waals surface area (Å²) in [6.45, 7) is 2.36. The van der Waals surface area contributed by atoms with Crippen molar-refractivity contribution in [3.8, 4) is 17.0 Å². The average molecular weight is 434 g/mol. The van der Waals surface area contributed by atoms with Gasteiger partial charge < -0.3 is 25.0 Å². The van der Waals surface area contributed by atoms with Gasteiger partial charge in [-0.3, -0.25) is 0 Å². The smallest absolute Gasteiger partial charge is 0.407 e. The highest BCUT2D eigenvalue weighted by Gasteiger charge is 2.29. The molecule has 0 aliphatic heterocycles. The van der Waals surface area contributed by atoms with Gasteiger partial charge in [0.05, 0.1) is 6.61 Å². The number of carbonyl (C=O) groups is 1. The number of amides is 1. The number of aliphatic hydroxyl groups is 2. The first kappa shape index (κ1) is 21.8. The summed E-state index contributed by atoms with van der Waals surface area (Å²) in [5, 5.41) is 23.1. The maximum Gasteiger partial charge on any atom is 0.407 e. The van der Waals surface area contributed by atoms with E-state index in [1.54, 1.807) is 12.1 Å². The van der Waals surface area contributed by atoms with Crippen LogP contribution in [0.2, 0.25) is 0 Å². The topological polar surface area (TPSA) is 101 Å². The first-order valence-electron chi connectivity index (χ1n) is 10.6. The van der Waals surface area contributed by atoms with E-state index in [2.05, 4.69) is 22.4 Å². The minimum absolute atomic E-state index is 0.0430. The summed E-state index contributed by atoms with van der Waals surface area (Å²) in [7, 11) is 0. The number of carbonyl (C=O) groups excluding carboxylic acids is 1. The van der Waals surface area contributed by atoms with Crippen LogP contribution in [0.1, 0.15) is 35.6 Å². The standard InChI is InChI=1S/C25H26N2O5/c1-2-31-23-12-11-16(13-26-23)24(29)22(28)14-27-25(30)32-15-21-19-9-5-3-7-17(19)18-8-4-6-10-20(18)21/h3-13,21-22,24,28-29H,2,14-15H2,1H3,(H,27,30). The van der Waals surface area contributed by atoms with E-state index in [1.165, 1.54) is 6.20 Å². The molecule has 2 atom stereocenters. The van der Waals surface area contributed by atoms with Crippen LogP contribution in [0.15, 0.2) is 66.9 Å². The highest BCUT2D eigenvalue weighted by Crippen LogP contribution is 2.44. The van der Waals surface area contributed by atoms with E-state index in [9.17, 15) is 15.0 Å². The van der Waals surface area contributed by atoms with Gasteiger partial charge in [0.1, 0.15) is 18.8 Å². The summed E-state index contributed by atoms with van der Waals surface area (Å²) < 4.78 is 10.7. The summed E-state index contributed by atoms with van der Waals surface area (Å²) in [5.41, 5.74) is 4.98. The molecule has 0 radical (unpaired) electrons. The van der Waals surface area contributed by atoms with E-state index in [4.69, 9.17) is 9.47 Å². The first-order chi connectivity index (χ1) is 15.6. The van der Waals surface area contributed by atoms with Crippen LogP contribution in [0.3, 0.4) is 0 Å². The van der Waals surface area contributed by atoms with Gasteiger partial charge in [-0.15, -0.1) is 0 Å². The molecule has 2 aromatic carbocycles. The molecule has 7 heteroatoms. The molecule has 0 spiro atoms. The van der Waals surface area contributed by atoms with Gasteiger partial charge in [0.25, 0.3) is 0 Å². The Hall–Kier alpha value is -3.42. The lowest BCUT2D eigenvalue weighted by Gasteiger charge is -2.19. The van der Waals surface area contributed by atoms with Crippen LogP contribution in [0, 0.1) is 0 Å². The maximum atomic E-state index is 12.2. The second-order valence-corrected chi connectivity index (χ2v) is 7.58. The van der Waals surface area contributed by atoms with Crippen molar-refractivity contribution >= 4 is 6.09 Å². The maximum absolute atomic E-state index is 12.2. The number of rotatable bonds is 8. The van der Waals surface area contributed by atoms with Crippen LogP contribution in [0.4, 0.5) is 4.79 Å². The van der Waals surface area contributed by atoms with Crippen molar-refractivity contribution in [2.45, 2.75) is 25.0 Å². The molecule has 1 aromatic heterocycles. The summed E-state index contributed by atoms with van der Waals surface area (Å²) >= 11 is 0. The fourth-order valence-corrected chi connectivity index (χ4v) is 3.97. The molecule has 1 aliphatic rings. The zero-order chi connectivity index (χ0) is 22.5. The monoisotopic (exact) mass is 434 g/mol. The van der Waals surface area contributed by atoms with E-state index >= 15 is 0 Å². The van der Waals surface area contributed by atoms with Gasteiger partial charge in [-0.25, -0.2) is 9.78 Å². The first-order valence-corrected chi connectivity index (χ1v) is 10.6. The fraction of sp³-hybridized carbons (Fsp3) is 0.280. The second-order valence-electron chi connectivity index (χ2n) is 7.58. The number of pyridine rings is 1. The Kier molecular flexibility index (Phi) is 6.68. The fourth-order valence-electron chi connectivity index (χ4n) is 3.97. The van der Waals surface area contributed by atoms with Crippen LogP contribution in [0.25, 0.3) is 11.1 Å². The van der Waals surface area contributed by atoms with E-state index in [0.717, 1.165) is 22.3 Å². The molecule has 0 saturated heterocycles. The molecule has 1 heterocycles. The number of aliphatic hydroxyl groups excluding tert-OH is 2. The molecule has 1 aliphatic carbocycles. The summed E-state index contributed by atoms with van der Waals surface area (Å²) in [5.74, 6) is 0.397. The van der Waals surface area contributed by atoms with Gasteiger partial charge in [0.2, 0.25) is 5.88 Å². The lowest BCUT2D eigenvalue weighted by Crippen LogP contribution is -2.36. The molecule has 0 bridgehead atoms. The van der Waals surface area contributed by atoms with Crippen molar-refractivity contribution in [1.29, 1.82) is 0 Å². The summed E-state index contributed by atoms with van der Waals surface area (Å²) in [6, 6.07) is 19.4. The molecule has 1 amide bonds. The highest BCUT2D eigenvalue weighted by atomic mass is 16.5. The SMILES string of the molecule is CCOc1ccc(C(O)C(O)CNC(=O)OCC2c3ccccc3-c3ccccc32)cn1. The third kappa shape index (κ3) is 4.59. The predicted octanol–water partition coefficient (Wildman–Crippen LogP) is 3.41. The number of nitrogens with one attached hydrogen (secondary N) is 1. The zero-order valence-electron chi connectivity index (χ0n) is 17.8. The number of nitrogens with zero attached hydrogens (tertiary/aromatic N) is 1. The molecule has 0 fully saturated rings. The van der Waals surface area contributed by atoms with E-state index in [1.807, 2.05) is 43.3 Å². The van der Waals surface area contributed by atoms with Crippen LogP contribution in [-0.2, 0) is 4.74 Å². The number of fused-ring (bicyclic) bond motifs is 3. The van der Waals surface area contributed by atoms with Crippen LogP contribution in [-0.4, -0.2) is 47.2 Å². The molecular weight excluding hydrogens is 408 g/mol. The Bertz CT molecular complexity index is 1020. The Morgan fingerprint density at radius 1 is 1.03 bits per heavy atom. The van der Waals surface area contributed by atoms with Gasteiger partial charge in [-0.1, -0.05) is 48.5 Å². The Morgan fingerprint density at radius 2 is 1.69 bits per heavy atom. The number of aromatic nitrogens is 1. The second kappa shape index (κ2) is 9.80. The largest absolute Gasteiger partial charge is 0.478 e. The normalized spacial score (nSPS) is 14.2. The van der Waals surface area contributed by atoms with Crippen molar-refractivity contribution in [1.82, 2.24) is 10.3 Å². The number of benzene rings is 2. The molecule has 0 saturated carbocycles. The minimum Gasteiger partial charge on any atom is -0.478 e. The molecule has 3 aromatic rings. The van der Waals surface area contributed by atoms with Gasteiger partial charge >= 0.3 is 6.09 Å². The third-order valence-electron chi connectivity index (χ3n) is 5.56. The predicted molar refractivity (Wildman–Crippen MR) is 119 cm³/mol. The number of alkyl carbamates (subject to hydrolysis) is 1. The summed E-state index contributed by atoms with van der Waals surface area (Å²) in [4.78, 5) is 16.3. The molecule has 166 valence electrons. The van der Waals surface area contributed by atoms with Gasteiger partial charge in [-0.05, 0) is 35.2 Å². The van der Waals surface area contributed by atoms with Crippen LogP contribution in [0.5, 0.6) is 5.88 Å². The van der Waals surface area contributed by atoms with E-state index < -0.39 is 18.3 Å². The van der Waals surface area contributed by atoms with E-state index in [-0.39, 0.29) is 19.1 Å². The number of hydrogen-bond donors (Lipinski definition) is 3. The lowest BCUT2D eigenvalue weighted by molar-refractivity contribution is 0.0183. The van der Waals surface area contributed by atoms with E-state index in [0.29, 0.717) is 18.1 Å². The molecular formula is C25H26N2O5. The minimum atomic E-state index is -1.21. The van der Waals surface area contributed by atoms with Crippen LogP contribution >= 0.6 is 0 Å². The molecule has 3 N–H and O–H groups in total. The highest BCUT2D eigenvalue weighted by molar-refractivity contribution is 5.79. The van der Waals surface area contributed by atoms with Gasteiger partial charge in [0, 0.05) is 30.3 Å².